The van der Waals surface area contributed by atoms with Gasteiger partial charge in [-0.25, -0.2) is 4.79 Å². The Morgan fingerprint density at radius 1 is 1.15 bits per heavy atom. The molecule has 2 aromatic rings. The number of nitrogens with zero attached hydrogens (tertiary/aromatic N) is 1. The number of nitrogens with one attached hydrogen (secondary N) is 2. The minimum Gasteiger partial charge on any atom is -0.504 e. The minimum atomic E-state index is -0.187. The van der Waals surface area contributed by atoms with Gasteiger partial charge in [0.25, 0.3) is 0 Å². The zero-order chi connectivity index (χ0) is 19.1. The molecule has 0 bridgehead atoms. The second kappa shape index (κ2) is 9.45. The number of hydrogen-bond donors (Lipinski definition) is 4. The van der Waals surface area contributed by atoms with Gasteiger partial charge >= 0.3 is 6.03 Å². The van der Waals surface area contributed by atoms with Gasteiger partial charge in [0.1, 0.15) is 0 Å². The number of hydrogen-bond acceptors (Lipinski definition) is 5. The van der Waals surface area contributed by atoms with Gasteiger partial charge < -0.3 is 25.7 Å². The van der Waals surface area contributed by atoms with Crippen molar-refractivity contribution in [2.45, 2.75) is 31.8 Å². The van der Waals surface area contributed by atoms with E-state index in [-0.39, 0.29) is 29.6 Å². The fraction of sp³-hybridized carbons (Fsp3) is 0.421. The van der Waals surface area contributed by atoms with Crippen LogP contribution in [-0.2, 0) is 12.8 Å². The average Bonchev–Trinajstić information content (AvgIpc) is 3.07. The monoisotopic (exact) mass is 377 g/mol. The molecule has 2 atom stereocenters. The van der Waals surface area contributed by atoms with Gasteiger partial charge in [-0.3, -0.25) is 0 Å². The predicted octanol–water partition coefficient (Wildman–Crippen LogP) is 2.56. The van der Waals surface area contributed by atoms with Crippen LogP contribution in [0.5, 0.6) is 11.5 Å². The van der Waals surface area contributed by atoms with Crippen LogP contribution in [0.2, 0.25) is 0 Å². The molecule has 0 aliphatic carbocycles. The lowest BCUT2D eigenvalue weighted by atomic mass is 10.0. The van der Waals surface area contributed by atoms with E-state index in [1.807, 2.05) is 31.3 Å². The van der Waals surface area contributed by atoms with Gasteiger partial charge in [-0.05, 0) is 73.9 Å². The first-order valence-corrected chi connectivity index (χ1v) is 9.52. The summed E-state index contributed by atoms with van der Waals surface area (Å²) < 4.78 is 0. The summed E-state index contributed by atoms with van der Waals surface area (Å²) in [6, 6.07) is 6.80. The molecule has 0 saturated carbocycles. The van der Waals surface area contributed by atoms with Crippen LogP contribution in [0.1, 0.15) is 18.1 Å². The second-order valence-corrected chi connectivity index (χ2v) is 7.52. The minimum absolute atomic E-state index is 0.0523. The molecular formula is C19H27N3O3S. The number of phenols is 2. The third-order valence-corrected chi connectivity index (χ3v) is 4.97. The third kappa shape index (κ3) is 6.24. The van der Waals surface area contributed by atoms with Gasteiger partial charge in [0.2, 0.25) is 0 Å². The molecule has 2 unspecified atom stereocenters. The van der Waals surface area contributed by atoms with E-state index in [1.165, 1.54) is 11.6 Å². The van der Waals surface area contributed by atoms with Gasteiger partial charge in [0.05, 0.1) is 0 Å². The van der Waals surface area contributed by atoms with E-state index in [9.17, 15) is 15.0 Å². The zero-order valence-corrected chi connectivity index (χ0v) is 16.2. The number of aromatic hydroxyl groups is 2. The van der Waals surface area contributed by atoms with Gasteiger partial charge in [-0.15, -0.1) is 0 Å². The van der Waals surface area contributed by atoms with Crippen LogP contribution in [0.25, 0.3) is 0 Å². The number of phenolic OH excluding ortho intramolecular Hbond substituents is 2. The van der Waals surface area contributed by atoms with Crippen LogP contribution in [0.15, 0.2) is 35.0 Å². The van der Waals surface area contributed by atoms with Crippen LogP contribution in [-0.4, -0.2) is 53.9 Å². The van der Waals surface area contributed by atoms with Crippen LogP contribution >= 0.6 is 11.3 Å². The van der Waals surface area contributed by atoms with E-state index in [0.717, 1.165) is 12.0 Å². The number of carbonyl (C=O) groups is 1. The molecular weight excluding hydrogens is 350 g/mol. The summed E-state index contributed by atoms with van der Waals surface area (Å²) >= 11 is 1.65. The Morgan fingerprint density at radius 3 is 2.54 bits per heavy atom. The molecule has 2 amide bonds. The zero-order valence-electron chi connectivity index (χ0n) is 15.4. The maximum absolute atomic E-state index is 12.1. The van der Waals surface area contributed by atoms with Crippen molar-refractivity contribution in [2.24, 2.45) is 0 Å². The summed E-state index contributed by atoms with van der Waals surface area (Å²) in [5.41, 5.74) is 2.12. The molecule has 6 nitrogen and oxygen atoms in total. The number of urea groups is 1. The smallest absolute Gasteiger partial charge is 0.315 e. The Bertz CT molecular complexity index is 704. The topological polar surface area (TPSA) is 84.8 Å². The Labute approximate surface area is 158 Å². The van der Waals surface area contributed by atoms with Crippen molar-refractivity contribution in [2.75, 3.05) is 20.6 Å². The molecule has 26 heavy (non-hydrogen) atoms. The number of amides is 2. The highest BCUT2D eigenvalue weighted by atomic mass is 32.1. The van der Waals surface area contributed by atoms with Gasteiger partial charge in [-0.1, -0.05) is 6.07 Å². The predicted molar refractivity (Wildman–Crippen MR) is 105 cm³/mol. The molecule has 0 fully saturated rings. The SMILES string of the molecule is CC(Cc1ccsc1)NC(=O)NCC(Cc1ccc(O)c(O)c1)N(C)C. The van der Waals surface area contributed by atoms with Gasteiger partial charge in [-0.2, -0.15) is 11.3 Å². The van der Waals surface area contributed by atoms with Crippen LogP contribution in [0.4, 0.5) is 4.79 Å². The average molecular weight is 378 g/mol. The van der Waals surface area contributed by atoms with E-state index in [1.54, 1.807) is 23.5 Å². The summed E-state index contributed by atoms with van der Waals surface area (Å²) in [5, 5.41) is 29.0. The van der Waals surface area contributed by atoms with Crippen molar-refractivity contribution in [3.8, 4) is 11.5 Å². The standard InChI is InChI=1S/C19H27N3O3S/c1-13(8-15-6-7-26-12-15)21-19(25)20-11-16(22(2)3)9-14-4-5-17(23)18(24)10-14/h4-7,10,12-13,16,23-24H,8-9,11H2,1-3H3,(H2,20,21,25). The molecule has 7 heteroatoms. The van der Waals surface area contributed by atoms with E-state index in [4.69, 9.17) is 0 Å². The summed E-state index contributed by atoms with van der Waals surface area (Å²) in [6.07, 6.45) is 1.45. The highest BCUT2D eigenvalue weighted by Crippen LogP contribution is 2.25. The van der Waals surface area contributed by atoms with E-state index < -0.39 is 0 Å². The Balaban J connectivity index is 1.83. The van der Waals surface area contributed by atoms with Crippen molar-refractivity contribution in [3.63, 3.8) is 0 Å². The molecule has 4 N–H and O–H groups in total. The van der Waals surface area contributed by atoms with Crippen molar-refractivity contribution in [1.82, 2.24) is 15.5 Å². The highest BCUT2D eigenvalue weighted by molar-refractivity contribution is 7.07. The molecule has 0 saturated heterocycles. The second-order valence-electron chi connectivity index (χ2n) is 6.74. The third-order valence-electron chi connectivity index (χ3n) is 4.24. The molecule has 0 radical (unpaired) electrons. The Morgan fingerprint density at radius 2 is 1.92 bits per heavy atom. The first kappa shape index (κ1) is 20.1. The number of carbonyl (C=O) groups excluding carboxylic acids is 1. The summed E-state index contributed by atoms with van der Waals surface area (Å²) in [5.74, 6) is -0.264. The lowest BCUT2D eigenvalue weighted by Crippen LogP contribution is -2.47. The van der Waals surface area contributed by atoms with E-state index >= 15 is 0 Å². The number of thiophene rings is 1. The lowest BCUT2D eigenvalue weighted by Gasteiger charge is -2.25. The van der Waals surface area contributed by atoms with Crippen molar-refractivity contribution in [1.29, 1.82) is 0 Å². The molecule has 2 rings (SSSR count). The molecule has 0 aliphatic rings. The van der Waals surface area contributed by atoms with Crippen molar-refractivity contribution in [3.05, 3.63) is 46.2 Å². The molecule has 0 aliphatic heterocycles. The van der Waals surface area contributed by atoms with Crippen molar-refractivity contribution >= 4 is 17.4 Å². The first-order chi connectivity index (χ1) is 12.3. The maximum Gasteiger partial charge on any atom is 0.315 e. The summed E-state index contributed by atoms with van der Waals surface area (Å²) in [6.45, 7) is 2.46. The highest BCUT2D eigenvalue weighted by Gasteiger charge is 2.15. The fourth-order valence-electron chi connectivity index (χ4n) is 2.70. The van der Waals surface area contributed by atoms with Crippen LogP contribution in [0, 0.1) is 0 Å². The molecule has 1 aromatic heterocycles. The normalized spacial score (nSPS) is 13.4. The lowest BCUT2D eigenvalue weighted by molar-refractivity contribution is 0.229. The number of benzene rings is 1. The maximum atomic E-state index is 12.1. The molecule has 1 heterocycles. The van der Waals surface area contributed by atoms with Gasteiger partial charge in [0.15, 0.2) is 11.5 Å². The van der Waals surface area contributed by atoms with E-state index in [0.29, 0.717) is 13.0 Å². The largest absolute Gasteiger partial charge is 0.504 e. The van der Waals surface area contributed by atoms with E-state index in [2.05, 4.69) is 22.1 Å². The number of rotatable bonds is 8. The fourth-order valence-corrected chi connectivity index (χ4v) is 3.39. The van der Waals surface area contributed by atoms with Crippen LogP contribution < -0.4 is 10.6 Å². The molecule has 1 aromatic carbocycles. The van der Waals surface area contributed by atoms with Crippen LogP contribution in [0.3, 0.4) is 0 Å². The van der Waals surface area contributed by atoms with Crippen molar-refractivity contribution < 1.29 is 15.0 Å². The first-order valence-electron chi connectivity index (χ1n) is 8.58. The summed E-state index contributed by atoms with van der Waals surface area (Å²) in [7, 11) is 3.90. The molecule has 142 valence electrons. The van der Waals surface area contributed by atoms with Gasteiger partial charge in [0, 0.05) is 18.6 Å². The Hall–Kier alpha value is -2.25. The number of likely N-dealkylation sites (N-methyl/N-ethyl adjacent to an activating group) is 1. The molecule has 0 spiro atoms. The summed E-state index contributed by atoms with van der Waals surface area (Å²) in [4.78, 5) is 14.2. The Kier molecular flexibility index (Phi) is 7.29. The quantitative estimate of drug-likeness (QED) is 0.533.